The van der Waals surface area contributed by atoms with E-state index >= 15 is 0 Å². The second-order valence-corrected chi connectivity index (χ2v) is 6.32. The number of hydrogen-bond acceptors (Lipinski definition) is 4. The molecular weight excluding hydrogens is 355 g/mol. The van der Waals surface area contributed by atoms with Crippen molar-refractivity contribution in [1.29, 1.82) is 0 Å². The molecule has 3 aromatic rings. The number of pyridine rings is 1. The maximum absolute atomic E-state index is 12.8. The summed E-state index contributed by atoms with van der Waals surface area (Å²) in [4.78, 5) is 10.6. The Morgan fingerprint density at radius 1 is 1.40 bits per heavy atom. The van der Waals surface area contributed by atoms with Crippen molar-refractivity contribution in [2.24, 2.45) is 0 Å². The molecule has 1 atom stereocenters. The molecule has 0 amide bonds. The van der Waals surface area contributed by atoms with Crippen molar-refractivity contribution in [1.82, 2.24) is 15.0 Å². The highest BCUT2D eigenvalue weighted by atomic mass is 32.2. The molecule has 2 aromatic heterocycles. The van der Waals surface area contributed by atoms with Gasteiger partial charge in [0, 0.05) is 15.8 Å². The van der Waals surface area contributed by atoms with E-state index in [2.05, 4.69) is 19.7 Å². The van der Waals surface area contributed by atoms with Gasteiger partial charge in [0.2, 0.25) is 0 Å². The molecule has 0 saturated heterocycles. The van der Waals surface area contributed by atoms with Crippen LogP contribution in [0.15, 0.2) is 41.6 Å². The van der Waals surface area contributed by atoms with Gasteiger partial charge in [-0.05, 0) is 25.0 Å². The van der Waals surface area contributed by atoms with Gasteiger partial charge in [0.05, 0.1) is 36.0 Å². The van der Waals surface area contributed by atoms with Crippen LogP contribution in [0.3, 0.4) is 0 Å². The first-order chi connectivity index (χ1) is 13.9. The van der Waals surface area contributed by atoms with Crippen molar-refractivity contribution in [3.63, 3.8) is 0 Å². The quantitative estimate of drug-likeness (QED) is 0.742. The van der Waals surface area contributed by atoms with Gasteiger partial charge in [-0.2, -0.15) is 13.2 Å². The summed E-state index contributed by atoms with van der Waals surface area (Å²) in [5.74, 6) is -1.48. The molecule has 0 radical (unpaired) electrons. The predicted molar refractivity (Wildman–Crippen MR) is 86.7 cm³/mol. The number of imidazole rings is 1. The first-order valence-electron chi connectivity index (χ1n) is 9.40. The van der Waals surface area contributed by atoms with E-state index in [1.54, 1.807) is 24.3 Å². The second-order valence-electron chi connectivity index (χ2n) is 4.95. The number of ether oxygens (including phenoxy) is 1. The maximum atomic E-state index is 12.8. The van der Waals surface area contributed by atoms with Gasteiger partial charge >= 0.3 is 6.18 Å². The summed E-state index contributed by atoms with van der Waals surface area (Å²) in [5, 5.41) is 0.00809. The summed E-state index contributed by atoms with van der Waals surface area (Å²) in [6.07, 6.45) is -5.59. The zero-order valence-electron chi connectivity index (χ0n) is 17.5. The van der Waals surface area contributed by atoms with E-state index in [0.29, 0.717) is 11.0 Å². The number of benzene rings is 1. The average Bonchev–Trinajstić information content (AvgIpc) is 3.05. The number of hydrogen-bond donors (Lipinski definition) is 1. The van der Waals surface area contributed by atoms with Gasteiger partial charge in [0.1, 0.15) is 5.75 Å². The van der Waals surface area contributed by atoms with Crippen LogP contribution in [0.5, 0.6) is 5.75 Å². The van der Waals surface area contributed by atoms with Crippen LogP contribution < -0.4 is 4.74 Å². The van der Waals surface area contributed by atoms with Crippen LogP contribution in [0.25, 0.3) is 11.0 Å². The van der Waals surface area contributed by atoms with E-state index in [1.807, 2.05) is 0 Å². The van der Waals surface area contributed by atoms with Crippen molar-refractivity contribution >= 4 is 21.8 Å². The summed E-state index contributed by atoms with van der Waals surface area (Å²) in [7, 11) is -1.96. The molecule has 0 aliphatic heterocycles. The third-order valence-corrected chi connectivity index (χ3v) is 4.27. The van der Waals surface area contributed by atoms with Crippen LogP contribution in [0.1, 0.15) is 18.1 Å². The highest BCUT2D eigenvalue weighted by molar-refractivity contribution is 7.84. The number of para-hydroxylation sites is 2. The fourth-order valence-corrected chi connectivity index (χ4v) is 3.01. The van der Waals surface area contributed by atoms with Gasteiger partial charge in [0.15, 0.2) is 11.8 Å². The van der Waals surface area contributed by atoms with Gasteiger partial charge in [0.25, 0.3) is 0 Å². The lowest BCUT2D eigenvalue weighted by Gasteiger charge is -2.13. The van der Waals surface area contributed by atoms with E-state index in [4.69, 9.17) is 6.85 Å². The van der Waals surface area contributed by atoms with Gasteiger partial charge in [-0.15, -0.1) is 0 Å². The number of rotatable bonds is 5. The number of fused-ring (bicyclic) bond motifs is 1. The van der Waals surface area contributed by atoms with Crippen molar-refractivity contribution < 1.29 is 29.0 Å². The Bertz CT molecular complexity index is 1080. The van der Waals surface area contributed by atoms with Crippen LogP contribution >= 0.6 is 0 Å². The molecule has 0 fully saturated rings. The molecule has 0 aliphatic rings. The van der Waals surface area contributed by atoms with Crippen molar-refractivity contribution in [3.05, 3.63) is 47.7 Å². The number of aromatic amines is 1. The smallest absolute Gasteiger partial charge is 0.422 e. The first-order valence-corrected chi connectivity index (χ1v) is 8.22. The minimum absolute atomic E-state index is 0.00809. The number of nitrogens with zero attached hydrogens (tertiary/aromatic N) is 2. The molecule has 0 aliphatic carbocycles. The number of H-pyrrole nitrogens is 1. The van der Waals surface area contributed by atoms with Gasteiger partial charge in [-0.1, -0.05) is 12.1 Å². The Morgan fingerprint density at radius 2 is 2.20 bits per heavy atom. The summed E-state index contributed by atoms with van der Waals surface area (Å²) in [6, 6.07) is 5.90. The fraction of sp³-hybridized carbons (Fsp3) is 0.250. The standard InChI is InChI=1S/C16H14F3N3O2S/c1-10-13(20-7-6-14(10)24-9-16(17,18)19)8-25(23)15-21-11-4-2-3-5-12(11)22-15/h2-7H,8-9H2,1H3,(H,21,22)/i1D3,6D,7D. The summed E-state index contributed by atoms with van der Waals surface area (Å²) >= 11 is 0. The van der Waals surface area contributed by atoms with Crippen LogP contribution in [0.4, 0.5) is 13.2 Å². The topological polar surface area (TPSA) is 67.9 Å². The Labute approximate surface area is 150 Å². The van der Waals surface area contributed by atoms with Crippen molar-refractivity contribution in [3.8, 4) is 5.75 Å². The lowest BCUT2D eigenvalue weighted by atomic mass is 10.2. The highest BCUT2D eigenvalue weighted by Gasteiger charge is 2.29. The summed E-state index contributed by atoms with van der Waals surface area (Å²) in [5.41, 5.74) is -0.104. The van der Waals surface area contributed by atoms with Crippen LogP contribution in [0, 0.1) is 6.85 Å². The summed E-state index contributed by atoms with van der Waals surface area (Å²) in [6.45, 7) is -4.87. The molecule has 0 spiro atoms. The van der Waals surface area contributed by atoms with E-state index in [-0.39, 0.29) is 5.16 Å². The Morgan fingerprint density at radius 3 is 2.92 bits per heavy atom. The SMILES string of the molecule is [2H]c1nc(CS(=O)c2nc3ccccc3[nH]2)c(C([2H])([2H])[2H])c(OCC(F)(F)F)c1[2H]. The zero-order valence-corrected chi connectivity index (χ0v) is 13.3. The molecule has 1 aromatic carbocycles. The number of halogens is 3. The monoisotopic (exact) mass is 374 g/mol. The normalized spacial score (nSPS) is 16.5. The molecule has 5 nitrogen and oxygen atoms in total. The Hall–Kier alpha value is -2.42. The number of alkyl halides is 3. The van der Waals surface area contributed by atoms with E-state index in [1.165, 1.54) is 0 Å². The second kappa shape index (κ2) is 6.83. The van der Waals surface area contributed by atoms with Crippen molar-refractivity contribution in [2.45, 2.75) is 23.9 Å². The van der Waals surface area contributed by atoms with Gasteiger partial charge < -0.3 is 9.72 Å². The van der Waals surface area contributed by atoms with E-state index in [9.17, 15) is 17.4 Å². The minimum atomic E-state index is -4.79. The average molecular weight is 374 g/mol. The van der Waals surface area contributed by atoms with Crippen LogP contribution in [0.2, 0.25) is 0 Å². The molecule has 0 saturated carbocycles. The molecular formula is C16H14F3N3O2S. The molecule has 3 rings (SSSR count). The molecule has 2 heterocycles. The Balaban J connectivity index is 2.04. The van der Waals surface area contributed by atoms with Gasteiger partial charge in [-0.3, -0.25) is 9.19 Å². The number of aromatic nitrogens is 3. The van der Waals surface area contributed by atoms with Gasteiger partial charge in [-0.25, -0.2) is 4.98 Å². The lowest BCUT2D eigenvalue weighted by Crippen LogP contribution is -2.19. The molecule has 132 valence electrons. The lowest BCUT2D eigenvalue weighted by molar-refractivity contribution is -0.153. The first kappa shape index (κ1) is 12.0. The maximum Gasteiger partial charge on any atom is 0.422 e. The molecule has 1 N–H and O–H groups in total. The Kier molecular flexibility index (Phi) is 3.28. The third-order valence-electron chi connectivity index (χ3n) is 3.11. The minimum Gasteiger partial charge on any atom is -0.484 e. The molecule has 9 heteroatoms. The zero-order chi connectivity index (χ0) is 22.3. The fourth-order valence-electron chi connectivity index (χ4n) is 1.99. The largest absolute Gasteiger partial charge is 0.484 e. The molecule has 0 bridgehead atoms. The number of nitrogens with one attached hydrogen (secondary N) is 1. The van der Waals surface area contributed by atoms with Crippen molar-refractivity contribution in [2.75, 3.05) is 6.61 Å². The van der Waals surface area contributed by atoms with Crippen LogP contribution in [-0.2, 0) is 16.6 Å². The van der Waals surface area contributed by atoms with Crippen LogP contribution in [-0.4, -0.2) is 31.9 Å². The van der Waals surface area contributed by atoms with E-state index < -0.39 is 65.4 Å². The molecule has 25 heavy (non-hydrogen) atoms. The molecule has 1 unspecified atom stereocenters. The summed E-state index contributed by atoms with van der Waals surface area (Å²) < 4.78 is 93.5. The van der Waals surface area contributed by atoms with E-state index in [0.717, 1.165) is 0 Å². The third kappa shape index (κ3) is 4.16. The highest BCUT2D eigenvalue weighted by Crippen LogP contribution is 2.24. The predicted octanol–water partition coefficient (Wildman–Crippen LogP) is 3.52.